The molecule has 0 aliphatic heterocycles. The number of nitrogens with one attached hydrogen (secondary N) is 1. The van der Waals surface area contributed by atoms with Crippen molar-refractivity contribution in [2.75, 3.05) is 13.2 Å². The average Bonchev–Trinajstić information content (AvgIpc) is 2.59. The van der Waals surface area contributed by atoms with Gasteiger partial charge >= 0.3 is 5.97 Å². The molecule has 1 amide bonds. The highest BCUT2D eigenvalue weighted by atomic mass is 35.5. The molecule has 0 aliphatic rings. The van der Waals surface area contributed by atoms with Crippen molar-refractivity contribution in [3.63, 3.8) is 0 Å². The number of hydrogen-bond acceptors (Lipinski definition) is 5. The van der Waals surface area contributed by atoms with E-state index in [1.807, 2.05) is 0 Å². The Morgan fingerprint density at radius 2 is 1.74 bits per heavy atom. The number of rotatable bonds is 7. The number of hydrogen-bond donors (Lipinski definition) is 2. The molecule has 0 saturated carbocycles. The zero-order valence-electron chi connectivity index (χ0n) is 13.9. The molecule has 0 heterocycles. The van der Waals surface area contributed by atoms with Crippen molar-refractivity contribution < 1.29 is 22.7 Å². The summed E-state index contributed by atoms with van der Waals surface area (Å²) >= 11 is 11.7. The van der Waals surface area contributed by atoms with Gasteiger partial charge in [0.05, 0.1) is 15.5 Å². The van der Waals surface area contributed by atoms with Crippen LogP contribution in [0.15, 0.2) is 47.4 Å². The maximum atomic E-state index is 11.9. The molecule has 0 fully saturated rings. The van der Waals surface area contributed by atoms with Crippen LogP contribution in [-0.2, 0) is 26.0 Å². The van der Waals surface area contributed by atoms with Crippen LogP contribution in [0.1, 0.15) is 15.9 Å². The molecule has 0 spiro atoms. The van der Waals surface area contributed by atoms with Gasteiger partial charge in [0.2, 0.25) is 10.0 Å². The van der Waals surface area contributed by atoms with E-state index in [1.165, 1.54) is 30.3 Å². The van der Waals surface area contributed by atoms with Gasteiger partial charge in [-0.05, 0) is 42.3 Å². The Bertz CT molecular complexity index is 946. The second kappa shape index (κ2) is 9.18. The number of sulfonamides is 1. The molecule has 0 unspecified atom stereocenters. The summed E-state index contributed by atoms with van der Waals surface area (Å²) in [6.45, 7) is -0.172. The van der Waals surface area contributed by atoms with Gasteiger partial charge in [-0.15, -0.1) is 0 Å². The average molecular weight is 431 g/mol. The number of ether oxygens (including phenoxy) is 1. The topological polar surface area (TPSA) is 116 Å². The molecule has 7 nitrogen and oxygen atoms in total. The lowest BCUT2D eigenvalue weighted by Gasteiger charge is -2.08. The van der Waals surface area contributed by atoms with Crippen molar-refractivity contribution in [2.45, 2.75) is 11.3 Å². The Balaban J connectivity index is 1.77. The second-order valence-electron chi connectivity index (χ2n) is 5.49. The van der Waals surface area contributed by atoms with Gasteiger partial charge in [0.25, 0.3) is 5.91 Å². The number of halogens is 2. The summed E-state index contributed by atoms with van der Waals surface area (Å²) < 4.78 is 27.3. The van der Waals surface area contributed by atoms with Crippen molar-refractivity contribution >= 4 is 45.1 Å². The first-order chi connectivity index (χ1) is 12.7. The molecular formula is C17H16Cl2N2O5S. The van der Waals surface area contributed by atoms with Gasteiger partial charge in [-0.2, -0.15) is 0 Å². The van der Waals surface area contributed by atoms with E-state index in [4.69, 9.17) is 33.1 Å². The summed E-state index contributed by atoms with van der Waals surface area (Å²) in [5.41, 5.74) is 0.927. The molecule has 0 saturated heterocycles. The van der Waals surface area contributed by atoms with E-state index in [-0.39, 0.29) is 22.0 Å². The number of nitrogens with two attached hydrogens (primary N) is 1. The van der Waals surface area contributed by atoms with Gasteiger partial charge in [-0.1, -0.05) is 35.3 Å². The maximum absolute atomic E-state index is 11.9. The highest BCUT2D eigenvalue weighted by Gasteiger charge is 2.14. The normalized spacial score (nSPS) is 11.1. The molecule has 0 atom stereocenters. The van der Waals surface area contributed by atoms with Crippen LogP contribution >= 0.6 is 23.2 Å². The summed E-state index contributed by atoms with van der Waals surface area (Å²) in [5, 5.41) is 8.13. The van der Waals surface area contributed by atoms with Gasteiger partial charge < -0.3 is 10.1 Å². The van der Waals surface area contributed by atoms with Crippen LogP contribution in [0.4, 0.5) is 0 Å². The van der Waals surface area contributed by atoms with Gasteiger partial charge in [0.15, 0.2) is 6.61 Å². The first kappa shape index (κ1) is 21.2. The van der Waals surface area contributed by atoms with Crippen molar-refractivity contribution in [2.24, 2.45) is 5.14 Å². The molecule has 27 heavy (non-hydrogen) atoms. The quantitative estimate of drug-likeness (QED) is 0.652. The number of carbonyl (C=O) groups excluding carboxylic acids is 2. The molecule has 3 N–H and O–H groups in total. The van der Waals surface area contributed by atoms with Crippen LogP contribution in [0, 0.1) is 0 Å². The van der Waals surface area contributed by atoms with Gasteiger partial charge in [-0.3, -0.25) is 4.79 Å². The summed E-state index contributed by atoms with van der Waals surface area (Å²) in [7, 11) is -3.73. The summed E-state index contributed by atoms with van der Waals surface area (Å²) in [6, 6.07) is 10.3. The van der Waals surface area contributed by atoms with Gasteiger partial charge in [0.1, 0.15) is 0 Å². The zero-order valence-corrected chi connectivity index (χ0v) is 16.3. The Morgan fingerprint density at radius 3 is 2.33 bits per heavy atom. The van der Waals surface area contributed by atoms with E-state index < -0.39 is 28.5 Å². The second-order valence-corrected chi connectivity index (χ2v) is 7.89. The van der Waals surface area contributed by atoms with E-state index in [2.05, 4.69) is 5.32 Å². The van der Waals surface area contributed by atoms with E-state index in [0.29, 0.717) is 11.4 Å². The van der Waals surface area contributed by atoms with Crippen LogP contribution in [-0.4, -0.2) is 33.4 Å². The molecule has 2 rings (SSSR count). The number of benzene rings is 2. The lowest BCUT2D eigenvalue weighted by Crippen LogP contribution is -2.30. The lowest BCUT2D eigenvalue weighted by molar-refractivity contribution is -0.124. The monoisotopic (exact) mass is 430 g/mol. The van der Waals surface area contributed by atoms with E-state index in [1.54, 1.807) is 12.1 Å². The fourth-order valence-electron chi connectivity index (χ4n) is 2.11. The largest absolute Gasteiger partial charge is 0.452 e. The van der Waals surface area contributed by atoms with E-state index in [0.717, 1.165) is 5.56 Å². The minimum Gasteiger partial charge on any atom is -0.452 e. The number of carbonyl (C=O) groups is 2. The minimum absolute atomic E-state index is 0.0167. The predicted octanol–water partition coefficient (Wildman–Crippen LogP) is 2.16. The SMILES string of the molecule is NS(=O)(=O)c1ccc(CCNC(=O)COC(=O)c2ccc(Cl)cc2Cl)cc1. The standard InChI is InChI=1S/C17H16Cl2N2O5S/c18-12-3-6-14(15(19)9-12)17(23)26-10-16(22)21-8-7-11-1-4-13(5-2-11)27(20,24)25/h1-6,9H,7-8,10H2,(H,21,22)(H2,20,24,25). The van der Waals surface area contributed by atoms with Gasteiger partial charge in [0, 0.05) is 11.6 Å². The summed E-state index contributed by atoms with van der Waals surface area (Å²) in [4.78, 5) is 23.7. The third kappa shape index (κ3) is 6.51. The fourth-order valence-corrected chi connectivity index (χ4v) is 3.11. The smallest absolute Gasteiger partial charge is 0.340 e. The number of esters is 1. The Morgan fingerprint density at radius 1 is 1.07 bits per heavy atom. The van der Waals surface area contributed by atoms with E-state index >= 15 is 0 Å². The molecule has 0 aliphatic carbocycles. The Labute approximate surface area is 166 Å². The van der Waals surface area contributed by atoms with Crippen LogP contribution < -0.4 is 10.5 Å². The molecule has 144 valence electrons. The van der Waals surface area contributed by atoms with Crippen molar-refractivity contribution in [1.82, 2.24) is 5.32 Å². The fraction of sp³-hybridized carbons (Fsp3) is 0.176. The summed E-state index contributed by atoms with van der Waals surface area (Å²) in [6.07, 6.45) is 0.466. The summed E-state index contributed by atoms with van der Waals surface area (Å²) in [5.74, 6) is -1.21. The molecular weight excluding hydrogens is 415 g/mol. The Kier molecular flexibility index (Phi) is 7.20. The van der Waals surface area contributed by atoms with Crippen LogP contribution in [0.3, 0.4) is 0 Å². The van der Waals surface area contributed by atoms with Crippen molar-refractivity contribution in [3.05, 3.63) is 63.6 Å². The molecule has 2 aromatic rings. The van der Waals surface area contributed by atoms with Crippen molar-refractivity contribution in [1.29, 1.82) is 0 Å². The molecule has 0 aromatic heterocycles. The minimum atomic E-state index is -3.73. The number of primary sulfonamides is 1. The van der Waals surface area contributed by atoms with Crippen LogP contribution in [0.25, 0.3) is 0 Å². The lowest BCUT2D eigenvalue weighted by atomic mass is 10.1. The first-order valence-electron chi connectivity index (χ1n) is 7.67. The molecule has 0 bridgehead atoms. The van der Waals surface area contributed by atoms with Crippen molar-refractivity contribution in [3.8, 4) is 0 Å². The molecule has 2 aromatic carbocycles. The first-order valence-corrected chi connectivity index (χ1v) is 9.97. The Hall–Kier alpha value is -2.13. The third-order valence-corrected chi connectivity index (χ3v) is 4.95. The molecule has 10 heteroatoms. The zero-order chi connectivity index (χ0) is 20.0. The van der Waals surface area contributed by atoms with Gasteiger partial charge in [-0.25, -0.2) is 18.4 Å². The third-order valence-electron chi connectivity index (χ3n) is 3.47. The maximum Gasteiger partial charge on any atom is 0.340 e. The predicted molar refractivity (Wildman–Crippen MR) is 101 cm³/mol. The highest BCUT2D eigenvalue weighted by Crippen LogP contribution is 2.21. The van der Waals surface area contributed by atoms with E-state index in [9.17, 15) is 18.0 Å². The van der Waals surface area contributed by atoms with Crippen LogP contribution in [0.2, 0.25) is 10.0 Å². The van der Waals surface area contributed by atoms with Crippen LogP contribution in [0.5, 0.6) is 0 Å². The highest BCUT2D eigenvalue weighted by molar-refractivity contribution is 7.89. The number of amides is 1. The molecule has 0 radical (unpaired) electrons.